The molecule has 0 bridgehead atoms. The van der Waals surface area contributed by atoms with Crippen molar-refractivity contribution in [1.82, 2.24) is 15.2 Å². The van der Waals surface area contributed by atoms with Crippen molar-refractivity contribution < 1.29 is 0 Å². The summed E-state index contributed by atoms with van der Waals surface area (Å²) < 4.78 is 0. The van der Waals surface area contributed by atoms with Gasteiger partial charge in [-0.2, -0.15) is 5.10 Å². The summed E-state index contributed by atoms with van der Waals surface area (Å²) in [5, 5.41) is 7.15. The molecule has 0 aliphatic rings. The minimum atomic E-state index is 0.796. The molecule has 1 heterocycles. The number of aromatic nitrogens is 3. The fourth-order valence-corrected chi connectivity index (χ4v) is 1.64. The molecule has 0 atom stereocenters. The first-order valence-corrected chi connectivity index (χ1v) is 5.19. The smallest absolute Gasteiger partial charge is 0.181 e. The maximum Gasteiger partial charge on any atom is 0.181 e. The lowest BCUT2D eigenvalue weighted by atomic mass is 10.1. The Morgan fingerprint density at radius 3 is 2.67 bits per heavy atom. The Balaban J connectivity index is 2.44. The number of aromatic amines is 1. The largest absolute Gasteiger partial charge is 0.263 e. The molecule has 0 spiro atoms. The second-order valence-electron chi connectivity index (χ2n) is 3.78. The molecule has 0 aliphatic heterocycles. The molecule has 1 aromatic heterocycles. The summed E-state index contributed by atoms with van der Waals surface area (Å²) in [5.41, 5.74) is 3.59. The van der Waals surface area contributed by atoms with Crippen molar-refractivity contribution in [3.05, 3.63) is 35.2 Å². The molecule has 0 radical (unpaired) electrons. The first-order valence-electron chi connectivity index (χ1n) is 5.19. The highest BCUT2D eigenvalue weighted by molar-refractivity contribution is 5.60. The fourth-order valence-electron chi connectivity index (χ4n) is 1.64. The van der Waals surface area contributed by atoms with Crippen LogP contribution in [0.3, 0.4) is 0 Å². The Hall–Kier alpha value is -1.64. The van der Waals surface area contributed by atoms with Crippen molar-refractivity contribution in [3.8, 4) is 11.4 Å². The number of nitrogens with zero attached hydrogens (tertiary/aromatic N) is 2. The van der Waals surface area contributed by atoms with Crippen LogP contribution in [0.25, 0.3) is 11.4 Å². The normalized spacial score (nSPS) is 10.6. The van der Waals surface area contributed by atoms with Crippen LogP contribution in [-0.2, 0) is 6.42 Å². The number of benzene rings is 1. The molecular formula is C12H15N3. The van der Waals surface area contributed by atoms with Gasteiger partial charge in [0.1, 0.15) is 5.82 Å². The lowest BCUT2D eigenvalue weighted by molar-refractivity contribution is 0.946. The van der Waals surface area contributed by atoms with Crippen molar-refractivity contribution in [3.63, 3.8) is 0 Å². The van der Waals surface area contributed by atoms with E-state index in [2.05, 4.69) is 54.2 Å². The third kappa shape index (κ3) is 1.91. The van der Waals surface area contributed by atoms with E-state index in [1.54, 1.807) is 0 Å². The predicted molar refractivity (Wildman–Crippen MR) is 60.7 cm³/mol. The predicted octanol–water partition coefficient (Wildman–Crippen LogP) is 2.65. The van der Waals surface area contributed by atoms with E-state index < -0.39 is 0 Å². The van der Waals surface area contributed by atoms with Gasteiger partial charge >= 0.3 is 0 Å². The van der Waals surface area contributed by atoms with Gasteiger partial charge in [0.25, 0.3) is 0 Å². The number of H-pyrrole nitrogens is 1. The van der Waals surface area contributed by atoms with E-state index >= 15 is 0 Å². The van der Waals surface area contributed by atoms with Crippen molar-refractivity contribution in [1.29, 1.82) is 0 Å². The molecule has 1 aromatic carbocycles. The van der Waals surface area contributed by atoms with Crippen LogP contribution < -0.4 is 0 Å². The lowest BCUT2D eigenvalue weighted by Crippen LogP contribution is -1.87. The van der Waals surface area contributed by atoms with E-state index in [4.69, 9.17) is 0 Å². The summed E-state index contributed by atoms with van der Waals surface area (Å²) in [5.74, 6) is 1.73. The van der Waals surface area contributed by atoms with E-state index in [1.807, 2.05) is 0 Å². The van der Waals surface area contributed by atoms with Crippen LogP contribution >= 0.6 is 0 Å². The average molecular weight is 201 g/mol. The second-order valence-corrected chi connectivity index (χ2v) is 3.78. The van der Waals surface area contributed by atoms with E-state index in [0.717, 1.165) is 23.6 Å². The zero-order valence-electron chi connectivity index (χ0n) is 9.33. The van der Waals surface area contributed by atoms with Crippen LogP contribution in [0.4, 0.5) is 0 Å². The maximum atomic E-state index is 4.42. The van der Waals surface area contributed by atoms with Gasteiger partial charge in [-0.1, -0.05) is 30.7 Å². The van der Waals surface area contributed by atoms with Gasteiger partial charge in [0, 0.05) is 12.0 Å². The fraction of sp³-hybridized carbons (Fsp3) is 0.333. The number of rotatable bonds is 2. The SMILES string of the molecule is CCc1nc(-c2ccc(C)cc2C)n[nH]1. The second kappa shape index (κ2) is 3.85. The Morgan fingerprint density at radius 2 is 2.07 bits per heavy atom. The summed E-state index contributed by atoms with van der Waals surface area (Å²) >= 11 is 0. The van der Waals surface area contributed by atoms with Crippen molar-refractivity contribution in [2.75, 3.05) is 0 Å². The lowest BCUT2D eigenvalue weighted by Gasteiger charge is -2.01. The summed E-state index contributed by atoms with van der Waals surface area (Å²) in [6.45, 7) is 6.24. The Bertz CT molecular complexity index is 471. The summed E-state index contributed by atoms with van der Waals surface area (Å²) in [4.78, 5) is 4.42. The third-order valence-corrected chi connectivity index (χ3v) is 2.49. The topological polar surface area (TPSA) is 41.6 Å². The van der Waals surface area contributed by atoms with E-state index in [9.17, 15) is 0 Å². The summed E-state index contributed by atoms with van der Waals surface area (Å²) in [6, 6.07) is 6.31. The molecule has 2 aromatic rings. The van der Waals surface area contributed by atoms with E-state index in [1.165, 1.54) is 11.1 Å². The molecule has 0 saturated carbocycles. The van der Waals surface area contributed by atoms with Crippen LogP contribution in [-0.4, -0.2) is 15.2 Å². The van der Waals surface area contributed by atoms with Gasteiger partial charge < -0.3 is 0 Å². The highest BCUT2D eigenvalue weighted by Crippen LogP contribution is 2.20. The van der Waals surface area contributed by atoms with Crippen LogP contribution in [0.2, 0.25) is 0 Å². The minimum absolute atomic E-state index is 0.796. The van der Waals surface area contributed by atoms with E-state index in [-0.39, 0.29) is 0 Å². The van der Waals surface area contributed by atoms with Gasteiger partial charge in [0.15, 0.2) is 5.82 Å². The van der Waals surface area contributed by atoms with Gasteiger partial charge in [-0.05, 0) is 19.4 Å². The number of nitrogens with one attached hydrogen (secondary N) is 1. The van der Waals surface area contributed by atoms with Crippen LogP contribution in [0.5, 0.6) is 0 Å². The Kier molecular flexibility index (Phi) is 2.54. The molecule has 1 N–H and O–H groups in total. The van der Waals surface area contributed by atoms with Gasteiger partial charge in [-0.3, -0.25) is 5.10 Å². The van der Waals surface area contributed by atoms with Crippen LogP contribution in [0, 0.1) is 13.8 Å². The molecule has 0 amide bonds. The monoisotopic (exact) mass is 201 g/mol. The molecule has 3 heteroatoms. The quantitative estimate of drug-likeness (QED) is 0.811. The third-order valence-electron chi connectivity index (χ3n) is 2.49. The van der Waals surface area contributed by atoms with Crippen molar-refractivity contribution in [2.45, 2.75) is 27.2 Å². The van der Waals surface area contributed by atoms with Gasteiger partial charge in [0.2, 0.25) is 0 Å². The summed E-state index contributed by atoms with van der Waals surface area (Å²) in [7, 11) is 0. The molecular weight excluding hydrogens is 186 g/mol. The number of hydrogen-bond acceptors (Lipinski definition) is 2. The Morgan fingerprint density at radius 1 is 1.27 bits per heavy atom. The molecule has 2 rings (SSSR count). The average Bonchev–Trinajstić information content (AvgIpc) is 2.66. The molecule has 3 nitrogen and oxygen atoms in total. The summed E-state index contributed by atoms with van der Waals surface area (Å²) in [6.07, 6.45) is 0.887. The highest BCUT2D eigenvalue weighted by atomic mass is 15.2. The molecule has 0 saturated heterocycles. The zero-order chi connectivity index (χ0) is 10.8. The number of hydrogen-bond donors (Lipinski definition) is 1. The van der Waals surface area contributed by atoms with Crippen molar-refractivity contribution in [2.24, 2.45) is 0 Å². The zero-order valence-corrected chi connectivity index (χ0v) is 9.33. The van der Waals surface area contributed by atoms with Gasteiger partial charge in [-0.15, -0.1) is 0 Å². The molecule has 0 fully saturated rings. The van der Waals surface area contributed by atoms with Crippen LogP contribution in [0.15, 0.2) is 18.2 Å². The first kappa shape index (κ1) is 9.90. The molecule has 78 valence electrons. The highest BCUT2D eigenvalue weighted by Gasteiger charge is 2.07. The maximum absolute atomic E-state index is 4.42. The molecule has 15 heavy (non-hydrogen) atoms. The molecule has 0 unspecified atom stereocenters. The standard InChI is InChI=1S/C12H15N3/c1-4-11-13-12(15-14-11)10-6-5-8(2)7-9(10)3/h5-7H,4H2,1-3H3,(H,13,14,15). The number of aryl methyl sites for hydroxylation is 3. The molecule has 0 aliphatic carbocycles. The first-order chi connectivity index (χ1) is 7.20. The van der Waals surface area contributed by atoms with Gasteiger partial charge in [-0.25, -0.2) is 4.98 Å². The Labute approximate surface area is 89.6 Å². The van der Waals surface area contributed by atoms with Crippen molar-refractivity contribution >= 4 is 0 Å². The van der Waals surface area contributed by atoms with Gasteiger partial charge in [0.05, 0.1) is 0 Å². The van der Waals surface area contributed by atoms with E-state index in [0.29, 0.717) is 0 Å². The minimum Gasteiger partial charge on any atom is -0.263 e. The van der Waals surface area contributed by atoms with Crippen LogP contribution in [0.1, 0.15) is 23.9 Å².